The van der Waals surface area contributed by atoms with E-state index in [-0.39, 0.29) is 27.4 Å². The van der Waals surface area contributed by atoms with E-state index in [9.17, 15) is 18.0 Å². The Hall–Kier alpha value is -2.13. The predicted octanol–water partition coefficient (Wildman–Crippen LogP) is 3.60. The standard InChI is InChI=1S/C18H19Cl2N3O4S/c1-3-23(28(26,27)17-10-13(19)4-9-16(17)20)11-18(25)22-15-7-5-14(6-8-15)21-12(2)24/h4-10H,3,11H2,1-2H3,(H,21,24)(H,22,25). The Balaban J connectivity index is 2.12. The fourth-order valence-electron chi connectivity index (χ4n) is 2.38. The van der Waals surface area contributed by atoms with Crippen LogP contribution in [0.25, 0.3) is 0 Å². The molecule has 0 aliphatic carbocycles. The van der Waals surface area contributed by atoms with E-state index in [1.165, 1.54) is 25.1 Å². The third-order valence-corrected chi connectivity index (χ3v) is 6.31. The van der Waals surface area contributed by atoms with Crippen molar-refractivity contribution in [2.45, 2.75) is 18.7 Å². The highest BCUT2D eigenvalue weighted by Gasteiger charge is 2.27. The largest absolute Gasteiger partial charge is 0.326 e. The molecule has 10 heteroatoms. The van der Waals surface area contributed by atoms with Gasteiger partial charge in [0.25, 0.3) is 0 Å². The summed E-state index contributed by atoms with van der Waals surface area (Å²) in [6.45, 7) is 2.68. The molecule has 0 saturated heterocycles. The number of nitrogens with zero attached hydrogens (tertiary/aromatic N) is 1. The van der Waals surface area contributed by atoms with Gasteiger partial charge in [0.05, 0.1) is 11.6 Å². The van der Waals surface area contributed by atoms with Gasteiger partial charge in [0.15, 0.2) is 0 Å². The lowest BCUT2D eigenvalue weighted by Crippen LogP contribution is -2.38. The lowest BCUT2D eigenvalue weighted by molar-refractivity contribution is -0.116. The molecule has 0 radical (unpaired) electrons. The van der Waals surface area contributed by atoms with Gasteiger partial charge in [-0.1, -0.05) is 30.1 Å². The molecule has 150 valence electrons. The van der Waals surface area contributed by atoms with E-state index < -0.39 is 22.5 Å². The molecule has 2 aromatic rings. The second kappa shape index (κ2) is 9.38. The molecular weight excluding hydrogens is 425 g/mol. The molecule has 0 fully saturated rings. The van der Waals surface area contributed by atoms with Crippen molar-refractivity contribution >= 4 is 56.4 Å². The highest BCUT2D eigenvalue weighted by molar-refractivity contribution is 7.89. The average molecular weight is 444 g/mol. The first-order valence-electron chi connectivity index (χ1n) is 8.26. The molecule has 0 aliphatic heterocycles. The molecule has 2 N–H and O–H groups in total. The number of hydrogen-bond acceptors (Lipinski definition) is 4. The molecule has 2 rings (SSSR count). The third kappa shape index (κ3) is 5.68. The first kappa shape index (κ1) is 22.2. The summed E-state index contributed by atoms with van der Waals surface area (Å²) >= 11 is 11.9. The summed E-state index contributed by atoms with van der Waals surface area (Å²) in [5, 5.41) is 5.48. The molecule has 0 bridgehead atoms. The molecule has 2 amide bonds. The van der Waals surface area contributed by atoms with Gasteiger partial charge < -0.3 is 10.6 Å². The SMILES string of the molecule is CCN(CC(=O)Nc1ccc(NC(C)=O)cc1)S(=O)(=O)c1cc(Cl)ccc1Cl. The van der Waals surface area contributed by atoms with Gasteiger partial charge in [-0.05, 0) is 42.5 Å². The van der Waals surface area contributed by atoms with Crippen molar-refractivity contribution in [3.05, 3.63) is 52.5 Å². The van der Waals surface area contributed by atoms with E-state index in [0.29, 0.717) is 11.4 Å². The van der Waals surface area contributed by atoms with Gasteiger partial charge in [-0.25, -0.2) is 8.42 Å². The van der Waals surface area contributed by atoms with E-state index in [4.69, 9.17) is 23.2 Å². The predicted molar refractivity (Wildman–Crippen MR) is 110 cm³/mol. The lowest BCUT2D eigenvalue weighted by Gasteiger charge is -2.21. The first-order valence-corrected chi connectivity index (χ1v) is 10.5. The Morgan fingerprint density at radius 3 is 2.11 bits per heavy atom. The van der Waals surface area contributed by atoms with Gasteiger partial charge in [0.2, 0.25) is 21.8 Å². The van der Waals surface area contributed by atoms with E-state index in [2.05, 4.69) is 10.6 Å². The topological polar surface area (TPSA) is 95.6 Å². The highest BCUT2D eigenvalue weighted by Crippen LogP contribution is 2.27. The van der Waals surface area contributed by atoms with Crippen LogP contribution < -0.4 is 10.6 Å². The van der Waals surface area contributed by atoms with Crippen LogP contribution in [0.1, 0.15) is 13.8 Å². The van der Waals surface area contributed by atoms with Crippen LogP contribution in [0.3, 0.4) is 0 Å². The minimum absolute atomic E-state index is 0.0248. The van der Waals surface area contributed by atoms with Crippen LogP contribution in [0.4, 0.5) is 11.4 Å². The van der Waals surface area contributed by atoms with Crippen LogP contribution in [0.5, 0.6) is 0 Å². The van der Waals surface area contributed by atoms with E-state index >= 15 is 0 Å². The fraction of sp³-hybridized carbons (Fsp3) is 0.222. The van der Waals surface area contributed by atoms with Crippen LogP contribution in [0, 0.1) is 0 Å². The van der Waals surface area contributed by atoms with E-state index in [1.807, 2.05) is 0 Å². The summed E-state index contributed by atoms with van der Waals surface area (Å²) in [4.78, 5) is 23.2. The number of benzene rings is 2. The number of amides is 2. The quantitative estimate of drug-likeness (QED) is 0.682. The summed E-state index contributed by atoms with van der Waals surface area (Å²) in [5.74, 6) is -0.726. The zero-order valence-electron chi connectivity index (χ0n) is 15.2. The molecule has 0 atom stereocenters. The number of carbonyl (C=O) groups is 2. The van der Waals surface area contributed by atoms with Crippen molar-refractivity contribution in [3.8, 4) is 0 Å². The van der Waals surface area contributed by atoms with Gasteiger partial charge in [-0.3, -0.25) is 9.59 Å². The van der Waals surface area contributed by atoms with Crippen molar-refractivity contribution in [2.75, 3.05) is 23.7 Å². The summed E-state index contributed by atoms with van der Waals surface area (Å²) in [6, 6.07) is 10.6. The summed E-state index contributed by atoms with van der Waals surface area (Å²) in [7, 11) is -4.00. The number of likely N-dealkylation sites (N-methyl/N-ethyl adjacent to an activating group) is 1. The monoisotopic (exact) mass is 443 g/mol. The Morgan fingerprint density at radius 2 is 1.57 bits per heavy atom. The van der Waals surface area contributed by atoms with Crippen molar-refractivity contribution < 1.29 is 18.0 Å². The maximum atomic E-state index is 12.8. The third-order valence-electron chi connectivity index (χ3n) is 3.67. The minimum Gasteiger partial charge on any atom is -0.326 e. The summed E-state index contributed by atoms with van der Waals surface area (Å²) in [6.07, 6.45) is 0. The smallest absolute Gasteiger partial charge is 0.245 e. The number of carbonyl (C=O) groups excluding carboxylic acids is 2. The van der Waals surface area contributed by atoms with Gasteiger partial charge in [0.1, 0.15) is 4.90 Å². The average Bonchev–Trinajstić information content (AvgIpc) is 2.62. The molecule has 0 spiro atoms. The number of halogens is 2. The van der Waals surface area contributed by atoms with Crippen LogP contribution >= 0.6 is 23.2 Å². The molecule has 0 aliphatic rings. The Bertz CT molecular complexity index is 979. The molecular formula is C18H19Cl2N3O4S. The highest BCUT2D eigenvalue weighted by atomic mass is 35.5. The Labute approximate surface area is 173 Å². The maximum absolute atomic E-state index is 12.8. The fourth-order valence-corrected chi connectivity index (χ4v) is 4.52. The normalized spacial score (nSPS) is 11.3. The van der Waals surface area contributed by atoms with Crippen molar-refractivity contribution in [3.63, 3.8) is 0 Å². The van der Waals surface area contributed by atoms with Crippen molar-refractivity contribution in [2.24, 2.45) is 0 Å². The molecule has 0 unspecified atom stereocenters. The number of rotatable bonds is 7. The molecule has 0 heterocycles. The zero-order chi connectivity index (χ0) is 20.9. The number of sulfonamides is 1. The summed E-state index contributed by atoms with van der Waals surface area (Å²) < 4.78 is 26.7. The second-order valence-electron chi connectivity index (χ2n) is 5.81. The zero-order valence-corrected chi connectivity index (χ0v) is 17.5. The van der Waals surface area contributed by atoms with E-state index in [0.717, 1.165) is 4.31 Å². The van der Waals surface area contributed by atoms with Crippen LogP contribution in [-0.4, -0.2) is 37.6 Å². The maximum Gasteiger partial charge on any atom is 0.245 e. The summed E-state index contributed by atoms with van der Waals surface area (Å²) in [5.41, 5.74) is 1.05. The van der Waals surface area contributed by atoms with Crippen molar-refractivity contribution in [1.82, 2.24) is 4.31 Å². The molecule has 2 aromatic carbocycles. The molecule has 28 heavy (non-hydrogen) atoms. The second-order valence-corrected chi connectivity index (χ2v) is 8.56. The Kier molecular flexibility index (Phi) is 7.42. The van der Waals surface area contributed by atoms with E-state index in [1.54, 1.807) is 31.2 Å². The van der Waals surface area contributed by atoms with Gasteiger partial charge >= 0.3 is 0 Å². The lowest BCUT2D eigenvalue weighted by atomic mass is 10.2. The first-order chi connectivity index (χ1) is 13.1. The van der Waals surface area contributed by atoms with Gasteiger partial charge in [0, 0.05) is 29.9 Å². The Morgan fingerprint density at radius 1 is 1.00 bits per heavy atom. The van der Waals surface area contributed by atoms with Crippen LogP contribution in [-0.2, 0) is 19.6 Å². The molecule has 7 nitrogen and oxygen atoms in total. The van der Waals surface area contributed by atoms with Crippen LogP contribution in [0.2, 0.25) is 10.0 Å². The van der Waals surface area contributed by atoms with Gasteiger partial charge in [-0.15, -0.1) is 0 Å². The number of nitrogens with one attached hydrogen (secondary N) is 2. The number of hydrogen-bond donors (Lipinski definition) is 2. The molecule has 0 aromatic heterocycles. The number of anilines is 2. The van der Waals surface area contributed by atoms with Crippen LogP contribution in [0.15, 0.2) is 47.4 Å². The van der Waals surface area contributed by atoms with Gasteiger partial charge in [-0.2, -0.15) is 4.31 Å². The minimum atomic E-state index is -4.00. The molecule has 0 saturated carbocycles. The van der Waals surface area contributed by atoms with Crippen molar-refractivity contribution in [1.29, 1.82) is 0 Å².